The molecule has 7 heteroatoms. The normalized spacial score (nSPS) is 10.6. The van der Waals surface area contributed by atoms with Gasteiger partial charge in [0.05, 0.1) is 19.7 Å². The Morgan fingerprint density at radius 2 is 1.53 bits per heavy atom. The second-order valence-electron chi connectivity index (χ2n) is 7.41. The van der Waals surface area contributed by atoms with Crippen molar-refractivity contribution in [3.63, 3.8) is 0 Å². The van der Waals surface area contributed by atoms with Gasteiger partial charge in [-0.1, -0.05) is 30.3 Å². The average molecular weight is 431 g/mol. The van der Waals surface area contributed by atoms with Crippen LogP contribution in [0, 0.1) is 0 Å². The van der Waals surface area contributed by atoms with E-state index >= 15 is 0 Å². The number of benzene rings is 3. The van der Waals surface area contributed by atoms with Crippen molar-refractivity contribution in [3.05, 3.63) is 72.3 Å². The number of aromatic nitrogens is 2. The van der Waals surface area contributed by atoms with E-state index in [1.165, 1.54) is 0 Å². The zero-order valence-corrected chi connectivity index (χ0v) is 18.6. The number of hydrogen-bond acceptors (Lipinski definition) is 7. The third-order valence-corrected chi connectivity index (χ3v) is 4.95. The molecule has 0 spiro atoms. The Morgan fingerprint density at radius 3 is 2.19 bits per heavy atom. The molecule has 0 radical (unpaired) electrons. The molecular weight excluding hydrogens is 404 g/mol. The fourth-order valence-corrected chi connectivity index (χ4v) is 3.25. The maximum Gasteiger partial charge on any atom is 0.227 e. The fraction of sp³-hybridized carbons (Fsp3) is 0.200. The Labute approximate surface area is 187 Å². The van der Waals surface area contributed by atoms with E-state index < -0.39 is 0 Å². The van der Waals surface area contributed by atoms with E-state index in [1.807, 2.05) is 85.7 Å². The molecule has 7 nitrogen and oxygen atoms in total. The van der Waals surface area contributed by atoms with Crippen LogP contribution in [-0.4, -0.2) is 38.3 Å². The van der Waals surface area contributed by atoms with Crippen LogP contribution in [0.15, 0.2) is 66.7 Å². The summed E-state index contributed by atoms with van der Waals surface area (Å²) in [6, 6.07) is 21.6. The smallest absolute Gasteiger partial charge is 0.227 e. The number of methoxy groups -OCH3 is 2. The van der Waals surface area contributed by atoms with Crippen molar-refractivity contribution in [2.45, 2.75) is 6.61 Å². The SMILES string of the molecule is COc1cc2nc(N(C)C)nc(Nc3ccc(OCc4ccccc4)cc3)c2cc1OC. The standard InChI is InChI=1S/C25H26N4O3/c1-29(2)25-27-21-15-23(31-4)22(30-3)14-20(21)24(28-25)26-18-10-12-19(13-11-18)32-16-17-8-6-5-7-9-17/h5-15H,16H2,1-4H3,(H,26,27,28). The van der Waals surface area contributed by atoms with Crippen molar-refractivity contribution in [2.75, 3.05) is 38.5 Å². The molecule has 1 aromatic heterocycles. The third-order valence-electron chi connectivity index (χ3n) is 4.95. The van der Waals surface area contributed by atoms with Crippen LogP contribution in [0.5, 0.6) is 17.2 Å². The maximum absolute atomic E-state index is 5.88. The first-order chi connectivity index (χ1) is 15.6. The number of nitrogens with one attached hydrogen (secondary N) is 1. The highest BCUT2D eigenvalue weighted by atomic mass is 16.5. The number of ether oxygens (including phenoxy) is 3. The van der Waals surface area contributed by atoms with Gasteiger partial charge in [0.1, 0.15) is 18.2 Å². The van der Waals surface area contributed by atoms with Crippen molar-refractivity contribution in [1.82, 2.24) is 9.97 Å². The van der Waals surface area contributed by atoms with Gasteiger partial charge in [0.15, 0.2) is 11.5 Å². The highest BCUT2D eigenvalue weighted by Gasteiger charge is 2.14. The first-order valence-corrected chi connectivity index (χ1v) is 10.2. The number of anilines is 3. The lowest BCUT2D eigenvalue weighted by molar-refractivity contribution is 0.306. The summed E-state index contributed by atoms with van der Waals surface area (Å²) in [4.78, 5) is 11.2. The second kappa shape index (κ2) is 9.43. The topological polar surface area (TPSA) is 68.7 Å². The summed E-state index contributed by atoms with van der Waals surface area (Å²) in [5.41, 5.74) is 2.77. The van der Waals surface area contributed by atoms with Gasteiger partial charge in [-0.15, -0.1) is 0 Å². The summed E-state index contributed by atoms with van der Waals surface area (Å²) in [6.07, 6.45) is 0. The summed E-state index contributed by atoms with van der Waals surface area (Å²) in [7, 11) is 7.04. The number of nitrogens with zero attached hydrogens (tertiary/aromatic N) is 3. The van der Waals surface area contributed by atoms with Crippen LogP contribution in [0.2, 0.25) is 0 Å². The molecule has 0 saturated carbocycles. The molecule has 1 N–H and O–H groups in total. The third kappa shape index (κ3) is 4.67. The minimum atomic E-state index is 0.526. The van der Waals surface area contributed by atoms with E-state index in [4.69, 9.17) is 19.2 Å². The van der Waals surface area contributed by atoms with Crippen molar-refractivity contribution in [2.24, 2.45) is 0 Å². The van der Waals surface area contributed by atoms with Crippen LogP contribution >= 0.6 is 0 Å². The van der Waals surface area contributed by atoms with E-state index in [9.17, 15) is 0 Å². The van der Waals surface area contributed by atoms with Gasteiger partial charge in [0, 0.05) is 31.2 Å². The molecule has 0 bridgehead atoms. The Balaban J connectivity index is 1.61. The number of rotatable bonds is 8. The van der Waals surface area contributed by atoms with Gasteiger partial charge in [-0.3, -0.25) is 0 Å². The monoisotopic (exact) mass is 430 g/mol. The zero-order valence-electron chi connectivity index (χ0n) is 18.6. The maximum atomic E-state index is 5.88. The summed E-state index contributed by atoms with van der Waals surface area (Å²) < 4.78 is 16.8. The number of hydrogen-bond donors (Lipinski definition) is 1. The van der Waals surface area contributed by atoms with Gasteiger partial charge in [-0.25, -0.2) is 4.98 Å². The van der Waals surface area contributed by atoms with Gasteiger partial charge in [0.2, 0.25) is 5.95 Å². The molecular formula is C25H26N4O3. The molecule has 0 aliphatic heterocycles. The van der Waals surface area contributed by atoms with Crippen molar-refractivity contribution >= 4 is 28.4 Å². The minimum absolute atomic E-state index is 0.526. The highest BCUT2D eigenvalue weighted by molar-refractivity contribution is 5.94. The quantitative estimate of drug-likeness (QED) is 0.420. The zero-order chi connectivity index (χ0) is 22.5. The predicted octanol–water partition coefficient (Wildman–Crippen LogP) is 5.04. The Hall–Kier alpha value is -4.00. The Morgan fingerprint density at radius 1 is 0.844 bits per heavy atom. The van der Waals surface area contributed by atoms with Crippen molar-refractivity contribution in [1.29, 1.82) is 0 Å². The molecule has 32 heavy (non-hydrogen) atoms. The van der Waals surface area contributed by atoms with Crippen LogP contribution in [0.1, 0.15) is 5.56 Å². The van der Waals surface area contributed by atoms with Gasteiger partial charge >= 0.3 is 0 Å². The van der Waals surface area contributed by atoms with E-state index in [0.29, 0.717) is 29.9 Å². The van der Waals surface area contributed by atoms with Crippen LogP contribution in [0.25, 0.3) is 10.9 Å². The van der Waals surface area contributed by atoms with Crippen LogP contribution < -0.4 is 24.4 Å². The van der Waals surface area contributed by atoms with Gasteiger partial charge < -0.3 is 24.4 Å². The molecule has 0 fully saturated rings. The average Bonchev–Trinajstić information content (AvgIpc) is 2.83. The molecule has 3 aromatic carbocycles. The minimum Gasteiger partial charge on any atom is -0.493 e. The Kier molecular flexibility index (Phi) is 6.26. The Bertz CT molecular complexity index is 1200. The fourth-order valence-electron chi connectivity index (χ4n) is 3.25. The van der Waals surface area contributed by atoms with Crippen LogP contribution in [-0.2, 0) is 6.61 Å². The molecule has 1 heterocycles. The first-order valence-electron chi connectivity index (χ1n) is 10.2. The molecule has 4 aromatic rings. The molecule has 0 unspecified atom stereocenters. The lowest BCUT2D eigenvalue weighted by atomic mass is 10.2. The van der Waals surface area contributed by atoms with E-state index in [1.54, 1.807) is 14.2 Å². The van der Waals surface area contributed by atoms with Crippen LogP contribution in [0.4, 0.5) is 17.5 Å². The van der Waals surface area contributed by atoms with Gasteiger partial charge in [0.25, 0.3) is 0 Å². The van der Waals surface area contributed by atoms with Gasteiger partial charge in [-0.05, 0) is 35.9 Å². The lowest BCUT2D eigenvalue weighted by Crippen LogP contribution is -2.13. The van der Waals surface area contributed by atoms with Crippen LogP contribution in [0.3, 0.4) is 0 Å². The number of fused-ring (bicyclic) bond motifs is 1. The van der Waals surface area contributed by atoms with Gasteiger partial charge in [-0.2, -0.15) is 4.98 Å². The largest absolute Gasteiger partial charge is 0.493 e. The molecule has 0 amide bonds. The lowest BCUT2D eigenvalue weighted by Gasteiger charge is -2.17. The molecule has 0 aliphatic rings. The predicted molar refractivity (Wildman–Crippen MR) is 127 cm³/mol. The first kappa shape index (κ1) is 21.2. The summed E-state index contributed by atoms with van der Waals surface area (Å²) in [5.74, 6) is 3.31. The van der Waals surface area contributed by atoms with Crippen molar-refractivity contribution < 1.29 is 14.2 Å². The van der Waals surface area contributed by atoms with E-state index in [0.717, 1.165) is 27.9 Å². The molecule has 4 rings (SSSR count). The second-order valence-corrected chi connectivity index (χ2v) is 7.41. The molecule has 164 valence electrons. The summed E-state index contributed by atoms with van der Waals surface area (Å²) in [5, 5.41) is 4.23. The molecule has 0 saturated heterocycles. The van der Waals surface area contributed by atoms with E-state index in [-0.39, 0.29) is 0 Å². The van der Waals surface area contributed by atoms with Crippen molar-refractivity contribution in [3.8, 4) is 17.2 Å². The molecule has 0 aliphatic carbocycles. The molecule has 0 atom stereocenters. The van der Waals surface area contributed by atoms with E-state index in [2.05, 4.69) is 10.3 Å². The summed E-state index contributed by atoms with van der Waals surface area (Å²) in [6.45, 7) is 0.526. The summed E-state index contributed by atoms with van der Waals surface area (Å²) >= 11 is 0. The highest BCUT2D eigenvalue weighted by Crippen LogP contribution is 2.35.